The van der Waals surface area contributed by atoms with Gasteiger partial charge in [-0.1, -0.05) is 18.2 Å². The first-order valence-electron chi connectivity index (χ1n) is 10.7. The van der Waals surface area contributed by atoms with E-state index in [4.69, 9.17) is 5.26 Å². The van der Waals surface area contributed by atoms with Gasteiger partial charge in [-0.15, -0.1) is 0 Å². The van der Waals surface area contributed by atoms with Crippen molar-refractivity contribution in [3.8, 4) is 12.1 Å². The summed E-state index contributed by atoms with van der Waals surface area (Å²) in [5, 5.41) is 22.1. The summed E-state index contributed by atoms with van der Waals surface area (Å²) in [5.41, 5.74) is 2.13. The van der Waals surface area contributed by atoms with Gasteiger partial charge in [-0.25, -0.2) is 0 Å². The van der Waals surface area contributed by atoms with Crippen LogP contribution in [0.5, 0.6) is 0 Å². The Hall–Kier alpha value is -4.63. The quantitative estimate of drug-likeness (QED) is 0.611. The highest BCUT2D eigenvalue weighted by molar-refractivity contribution is 6.00. The highest BCUT2D eigenvalue weighted by atomic mass is 16.2. The minimum absolute atomic E-state index is 0.112. The van der Waals surface area contributed by atoms with Crippen molar-refractivity contribution in [1.29, 1.82) is 10.5 Å². The molecule has 0 bridgehead atoms. The molecule has 1 aliphatic rings. The average molecular weight is 454 g/mol. The molecule has 2 aromatic carbocycles. The molecule has 3 aromatic rings. The lowest BCUT2D eigenvalue weighted by molar-refractivity contribution is -0.131. The standard InChI is InChI=1S/C25H22N6O3/c1-30(25(34)22-11-17-9-16(12-26)7-8-21(17)29-22)15-23(32)31-14-18(10-20(31)13-27)24(33)28-19-5-3-2-4-6-19/h2-9,11,18,20,29H,10,14-15H2,1H3,(H,28,33). The second kappa shape index (κ2) is 9.47. The van der Waals surface area contributed by atoms with Crippen molar-refractivity contribution in [3.05, 3.63) is 65.9 Å². The number of likely N-dealkylation sites (tertiary alicyclic amines) is 1. The molecule has 0 aliphatic carbocycles. The van der Waals surface area contributed by atoms with E-state index in [1.54, 1.807) is 48.5 Å². The predicted octanol–water partition coefficient (Wildman–Crippen LogP) is 2.49. The van der Waals surface area contributed by atoms with Gasteiger partial charge < -0.3 is 20.1 Å². The molecule has 0 saturated carbocycles. The van der Waals surface area contributed by atoms with Crippen LogP contribution in [0, 0.1) is 28.6 Å². The van der Waals surface area contributed by atoms with Gasteiger partial charge in [-0.3, -0.25) is 14.4 Å². The molecule has 0 spiro atoms. The summed E-state index contributed by atoms with van der Waals surface area (Å²) in [6.45, 7) is -0.121. The SMILES string of the molecule is CN(CC(=O)N1CC(C(=O)Nc2ccccc2)CC1C#N)C(=O)c1cc2cc(C#N)ccc2[nH]1. The number of aromatic nitrogens is 1. The number of likely N-dealkylation sites (N-methyl/N-ethyl adjacent to an activating group) is 1. The largest absolute Gasteiger partial charge is 0.351 e. The molecule has 1 fully saturated rings. The topological polar surface area (TPSA) is 133 Å². The molecule has 9 nitrogen and oxygen atoms in total. The van der Waals surface area contributed by atoms with E-state index in [1.807, 2.05) is 6.07 Å². The number of carbonyl (C=O) groups is 3. The van der Waals surface area contributed by atoms with E-state index in [9.17, 15) is 19.6 Å². The Morgan fingerprint density at radius 3 is 2.62 bits per heavy atom. The zero-order chi connectivity index (χ0) is 24.2. The van der Waals surface area contributed by atoms with Gasteiger partial charge in [0.1, 0.15) is 11.7 Å². The van der Waals surface area contributed by atoms with E-state index in [-0.39, 0.29) is 25.4 Å². The zero-order valence-electron chi connectivity index (χ0n) is 18.5. The molecule has 1 aromatic heterocycles. The molecular formula is C25H22N6O3. The zero-order valence-corrected chi connectivity index (χ0v) is 18.5. The van der Waals surface area contributed by atoms with Crippen molar-refractivity contribution in [2.45, 2.75) is 12.5 Å². The van der Waals surface area contributed by atoms with Crippen LogP contribution >= 0.6 is 0 Å². The fourth-order valence-corrected chi connectivity index (χ4v) is 4.08. The van der Waals surface area contributed by atoms with Gasteiger partial charge in [0.05, 0.1) is 30.2 Å². The lowest BCUT2D eigenvalue weighted by Crippen LogP contribution is -2.43. The van der Waals surface area contributed by atoms with Crippen molar-refractivity contribution in [2.75, 3.05) is 25.5 Å². The predicted molar refractivity (Wildman–Crippen MR) is 124 cm³/mol. The number of nitrogens with zero attached hydrogens (tertiary/aromatic N) is 4. The van der Waals surface area contributed by atoms with E-state index < -0.39 is 23.8 Å². The lowest BCUT2D eigenvalue weighted by atomic mass is 10.1. The number of rotatable bonds is 5. The molecule has 2 atom stereocenters. The maximum absolute atomic E-state index is 12.9. The molecule has 9 heteroatoms. The van der Waals surface area contributed by atoms with Crippen LogP contribution in [-0.2, 0) is 9.59 Å². The second-order valence-electron chi connectivity index (χ2n) is 8.24. The van der Waals surface area contributed by atoms with Gasteiger partial charge in [0.15, 0.2) is 0 Å². The number of nitrogens with one attached hydrogen (secondary N) is 2. The normalized spacial score (nSPS) is 17.1. The van der Waals surface area contributed by atoms with Gasteiger partial charge in [0.2, 0.25) is 11.8 Å². The van der Waals surface area contributed by atoms with Crippen LogP contribution in [0.4, 0.5) is 5.69 Å². The van der Waals surface area contributed by atoms with E-state index in [1.165, 1.54) is 16.8 Å². The van der Waals surface area contributed by atoms with Gasteiger partial charge in [0, 0.05) is 30.2 Å². The van der Waals surface area contributed by atoms with Crippen LogP contribution in [0.3, 0.4) is 0 Å². The Morgan fingerprint density at radius 2 is 1.91 bits per heavy atom. The second-order valence-corrected chi connectivity index (χ2v) is 8.24. The van der Waals surface area contributed by atoms with Crippen molar-refractivity contribution in [3.63, 3.8) is 0 Å². The summed E-state index contributed by atoms with van der Waals surface area (Å²) in [6.07, 6.45) is 0.238. The highest BCUT2D eigenvalue weighted by Crippen LogP contribution is 2.25. The molecule has 34 heavy (non-hydrogen) atoms. The van der Waals surface area contributed by atoms with Crippen LogP contribution in [-0.4, -0.2) is 58.7 Å². The van der Waals surface area contributed by atoms with Gasteiger partial charge in [0.25, 0.3) is 5.91 Å². The maximum Gasteiger partial charge on any atom is 0.270 e. The van der Waals surface area contributed by atoms with E-state index in [2.05, 4.69) is 22.4 Å². The molecule has 2 heterocycles. The first-order chi connectivity index (χ1) is 16.4. The van der Waals surface area contributed by atoms with Crippen LogP contribution in [0.2, 0.25) is 0 Å². The third-order valence-corrected chi connectivity index (χ3v) is 5.88. The fourth-order valence-electron chi connectivity index (χ4n) is 4.08. The Morgan fingerprint density at radius 1 is 1.15 bits per heavy atom. The summed E-state index contributed by atoms with van der Waals surface area (Å²) < 4.78 is 0. The van der Waals surface area contributed by atoms with Crippen LogP contribution < -0.4 is 5.32 Å². The minimum Gasteiger partial charge on any atom is -0.351 e. The number of anilines is 1. The number of para-hydroxylation sites is 1. The van der Waals surface area contributed by atoms with E-state index in [0.717, 1.165) is 5.39 Å². The lowest BCUT2D eigenvalue weighted by Gasteiger charge is -2.23. The number of fused-ring (bicyclic) bond motifs is 1. The molecule has 4 rings (SSSR count). The number of hydrogen-bond donors (Lipinski definition) is 2. The van der Waals surface area contributed by atoms with Gasteiger partial charge >= 0.3 is 0 Å². The first kappa shape index (κ1) is 22.6. The molecular weight excluding hydrogens is 432 g/mol. The van der Waals surface area contributed by atoms with Crippen molar-refractivity contribution < 1.29 is 14.4 Å². The fraction of sp³-hybridized carbons (Fsp3) is 0.240. The van der Waals surface area contributed by atoms with Gasteiger partial charge in [-0.2, -0.15) is 10.5 Å². The monoisotopic (exact) mass is 454 g/mol. The Kier molecular flexibility index (Phi) is 6.28. The smallest absolute Gasteiger partial charge is 0.270 e. The Labute approximate surface area is 196 Å². The number of nitriles is 2. The summed E-state index contributed by atoms with van der Waals surface area (Å²) in [5.74, 6) is -1.56. The molecule has 2 unspecified atom stereocenters. The summed E-state index contributed by atoms with van der Waals surface area (Å²) in [4.78, 5) is 44.1. The number of H-pyrrole nitrogens is 1. The number of carbonyl (C=O) groups excluding carboxylic acids is 3. The number of aromatic amines is 1. The summed E-state index contributed by atoms with van der Waals surface area (Å²) in [6, 6.07) is 19.1. The summed E-state index contributed by atoms with van der Waals surface area (Å²) in [7, 11) is 1.50. The average Bonchev–Trinajstić information content (AvgIpc) is 3.48. The number of benzene rings is 2. The van der Waals surface area contributed by atoms with Crippen LogP contribution in [0.1, 0.15) is 22.5 Å². The number of hydrogen-bond acceptors (Lipinski definition) is 5. The van der Waals surface area contributed by atoms with E-state index >= 15 is 0 Å². The van der Waals surface area contributed by atoms with E-state index in [0.29, 0.717) is 22.5 Å². The molecule has 0 radical (unpaired) electrons. The minimum atomic E-state index is -0.736. The van der Waals surface area contributed by atoms with Crippen molar-refractivity contribution in [1.82, 2.24) is 14.8 Å². The highest BCUT2D eigenvalue weighted by Gasteiger charge is 2.39. The van der Waals surface area contributed by atoms with Crippen LogP contribution in [0.15, 0.2) is 54.6 Å². The van der Waals surface area contributed by atoms with Crippen molar-refractivity contribution >= 4 is 34.3 Å². The van der Waals surface area contributed by atoms with Gasteiger partial charge in [-0.05, 0) is 42.8 Å². The third kappa shape index (κ3) is 4.59. The maximum atomic E-state index is 12.9. The molecule has 2 N–H and O–H groups in total. The summed E-state index contributed by atoms with van der Waals surface area (Å²) >= 11 is 0. The molecule has 1 saturated heterocycles. The molecule has 1 aliphatic heterocycles. The molecule has 3 amide bonds. The Bertz CT molecular complexity index is 1330. The third-order valence-electron chi connectivity index (χ3n) is 5.88. The molecule has 170 valence electrons. The number of amides is 3. The van der Waals surface area contributed by atoms with Crippen LogP contribution in [0.25, 0.3) is 10.9 Å². The van der Waals surface area contributed by atoms with Crippen molar-refractivity contribution in [2.24, 2.45) is 5.92 Å². The Balaban J connectivity index is 1.41. The first-order valence-corrected chi connectivity index (χ1v) is 10.7.